The van der Waals surface area contributed by atoms with Crippen molar-refractivity contribution in [1.82, 2.24) is 14.8 Å². The van der Waals surface area contributed by atoms with Gasteiger partial charge >= 0.3 is 0 Å². The Hall–Kier alpha value is -2.88. The van der Waals surface area contributed by atoms with Crippen molar-refractivity contribution in [2.45, 2.75) is 26.4 Å². The first-order valence-electron chi connectivity index (χ1n) is 10.7. The Morgan fingerprint density at radius 3 is 2.88 bits per heavy atom. The molecule has 33 heavy (non-hydrogen) atoms. The molecule has 1 aliphatic heterocycles. The number of amides is 2. The van der Waals surface area contributed by atoms with Gasteiger partial charge in [-0.3, -0.25) is 14.5 Å². The van der Waals surface area contributed by atoms with Crippen LogP contribution in [0.25, 0.3) is 17.0 Å². The number of hydrogen-bond acceptors (Lipinski definition) is 6. The molecule has 1 saturated heterocycles. The number of aryl methyl sites for hydroxylation is 1. The predicted octanol–water partition coefficient (Wildman–Crippen LogP) is 3.96. The van der Waals surface area contributed by atoms with E-state index in [0.29, 0.717) is 34.7 Å². The summed E-state index contributed by atoms with van der Waals surface area (Å²) in [6, 6.07) is 9.70. The first kappa shape index (κ1) is 23.3. The number of furan rings is 1. The molecule has 9 heteroatoms. The minimum Gasteiger partial charge on any atom is -0.467 e. The van der Waals surface area contributed by atoms with Crippen molar-refractivity contribution in [3.05, 3.63) is 64.6 Å². The lowest BCUT2D eigenvalue weighted by Crippen LogP contribution is -2.31. The van der Waals surface area contributed by atoms with Crippen LogP contribution < -0.4 is 5.32 Å². The molecule has 0 radical (unpaired) electrons. The number of benzene rings is 1. The molecule has 1 N–H and O–H groups in total. The van der Waals surface area contributed by atoms with E-state index >= 15 is 0 Å². The summed E-state index contributed by atoms with van der Waals surface area (Å²) in [7, 11) is 1.60. The fourth-order valence-corrected chi connectivity index (χ4v) is 5.12. The van der Waals surface area contributed by atoms with E-state index in [1.807, 2.05) is 35.0 Å². The Morgan fingerprint density at radius 2 is 2.15 bits per heavy atom. The van der Waals surface area contributed by atoms with Gasteiger partial charge in [-0.15, -0.1) is 0 Å². The Kier molecular flexibility index (Phi) is 7.32. The maximum absolute atomic E-state index is 12.9. The molecule has 172 valence electrons. The Bertz CT molecular complexity index is 1210. The molecule has 2 amide bonds. The molecular formula is C24H25N3O4S2. The van der Waals surface area contributed by atoms with Crippen LogP contribution in [0.15, 0.2) is 52.1 Å². The van der Waals surface area contributed by atoms with Gasteiger partial charge in [0.1, 0.15) is 16.6 Å². The van der Waals surface area contributed by atoms with Crippen molar-refractivity contribution in [3.63, 3.8) is 0 Å². The monoisotopic (exact) mass is 483 g/mol. The fraction of sp³-hybridized carbons (Fsp3) is 0.292. The standard InChI is InChI=1S/C24H25N3O4S2/c1-3-16-6-4-8-19-17(12-20-23(29)27(9-11-30-2)24(32)33-20)14-26(22(16)19)15-21(28)25-13-18-7-5-10-31-18/h4-8,10,12,14H,3,9,11,13,15H2,1-2H3,(H,25,28)/b20-12-. The van der Waals surface area contributed by atoms with Gasteiger partial charge in [-0.1, -0.05) is 49.1 Å². The average molecular weight is 484 g/mol. The van der Waals surface area contributed by atoms with Gasteiger partial charge in [-0.25, -0.2) is 0 Å². The summed E-state index contributed by atoms with van der Waals surface area (Å²) in [4.78, 5) is 27.7. The molecule has 0 spiro atoms. The summed E-state index contributed by atoms with van der Waals surface area (Å²) in [5.41, 5.74) is 3.01. The smallest absolute Gasteiger partial charge is 0.266 e. The van der Waals surface area contributed by atoms with Gasteiger partial charge in [0.05, 0.1) is 36.4 Å². The molecule has 3 aromatic rings. The van der Waals surface area contributed by atoms with Crippen LogP contribution in [-0.4, -0.2) is 45.9 Å². The van der Waals surface area contributed by atoms with E-state index in [2.05, 4.69) is 18.3 Å². The minimum absolute atomic E-state index is 0.119. The number of carbonyl (C=O) groups excluding carboxylic acids is 2. The summed E-state index contributed by atoms with van der Waals surface area (Å²) in [5, 5.41) is 3.89. The molecular weight excluding hydrogens is 458 g/mol. The summed E-state index contributed by atoms with van der Waals surface area (Å²) < 4.78 is 12.9. The van der Waals surface area contributed by atoms with E-state index in [1.54, 1.807) is 24.3 Å². The number of para-hydroxylation sites is 1. The molecule has 0 atom stereocenters. The van der Waals surface area contributed by atoms with Gasteiger partial charge < -0.3 is 19.0 Å². The molecule has 0 unspecified atom stereocenters. The molecule has 0 bridgehead atoms. The number of carbonyl (C=O) groups is 2. The predicted molar refractivity (Wildman–Crippen MR) is 134 cm³/mol. The highest BCUT2D eigenvalue weighted by molar-refractivity contribution is 8.26. The molecule has 0 saturated carbocycles. The van der Waals surface area contributed by atoms with Crippen molar-refractivity contribution >= 4 is 57.1 Å². The minimum atomic E-state index is -0.120. The lowest BCUT2D eigenvalue weighted by atomic mass is 10.1. The van der Waals surface area contributed by atoms with Crippen molar-refractivity contribution in [3.8, 4) is 0 Å². The highest BCUT2D eigenvalue weighted by atomic mass is 32.2. The van der Waals surface area contributed by atoms with Crippen molar-refractivity contribution in [2.75, 3.05) is 20.3 Å². The zero-order valence-electron chi connectivity index (χ0n) is 18.5. The molecule has 4 rings (SSSR count). The number of methoxy groups -OCH3 is 1. The number of thioether (sulfide) groups is 1. The van der Waals surface area contributed by atoms with Crippen molar-refractivity contribution < 1.29 is 18.7 Å². The van der Waals surface area contributed by atoms with Gasteiger partial charge in [0.2, 0.25) is 5.91 Å². The fourth-order valence-electron chi connectivity index (χ4n) is 3.82. The third-order valence-corrected chi connectivity index (χ3v) is 6.80. The van der Waals surface area contributed by atoms with Gasteiger partial charge in [0.15, 0.2) is 0 Å². The third kappa shape index (κ3) is 5.05. The quantitative estimate of drug-likeness (QED) is 0.367. The molecule has 1 aliphatic rings. The number of rotatable bonds is 9. The number of thiocarbonyl (C=S) groups is 1. The normalized spacial score (nSPS) is 15.2. The molecule has 1 fully saturated rings. The largest absolute Gasteiger partial charge is 0.467 e. The maximum atomic E-state index is 12.9. The van der Waals surface area contributed by atoms with E-state index < -0.39 is 0 Å². The average Bonchev–Trinajstić information content (AvgIpc) is 3.51. The second kappa shape index (κ2) is 10.4. The van der Waals surface area contributed by atoms with E-state index in [9.17, 15) is 9.59 Å². The zero-order valence-corrected chi connectivity index (χ0v) is 20.1. The zero-order chi connectivity index (χ0) is 23.4. The summed E-state index contributed by atoms with van der Waals surface area (Å²) >= 11 is 6.68. The van der Waals surface area contributed by atoms with Crippen LogP contribution in [0.5, 0.6) is 0 Å². The van der Waals surface area contributed by atoms with Crippen LogP contribution in [-0.2, 0) is 33.8 Å². The van der Waals surface area contributed by atoms with Crippen LogP contribution in [0.2, 0.25) is 0 Å². The summed E-state index contributed by atoms with van der Waals surface area (Å²) in [6.07, 6.45) is 6.20. The first-order valence-corrected chi connectivity index (χ1v) is 11.9. The van der Waals surface area contributed by atoms with Gasteiger partial charge in [-0.2, -0.15) is 0 Å². The SMILES string of the molecule is CCc1cccc2c(/C=C3\SC(=S)N(CCOC)C3=O)cn(CC(=O)NCc3ccco3)c12. The second-order valence-electron chi connectivity index (χ2n) is 7.56. The van der Waals surface area contributed by atoms with Gasteiger partial charge in [-0.05, 0) is 30.2 Å². The van der Waals surface area contributed by atoms with E-state index in [1.165, 1.54) is 11.8 Å². The topological polar surface area (TPSA) is 76.7 Å². The number of ether oxygens (including phenoxy) is 1. The second-order valence-corrected chi connectivity index (χ2v) is 9.24. The Morgan fingerprint density at radius 1 is 1.30 bits per heavy atom. The molecule has 1 aromatic carbocycles. The van der Waals surface area contributed by atoms with Crippen molar-refractivity contribution in [2.24, 2.45) is 0 Å². The highest BCUT2D eigenvalue weighted by Crippen LogP contribution is 2.35. The van der Waals surface area contributed by atoms with Crippen molar-refractivity contribution in [1.29, 1.82) is 0 Å². The van der Waals surface area contributed by atoms with Crippen LogP contribution >= 0.6 is 24.0 Å². The molecule has 7 nitrogen and oxygen atoms in total. The van der Waals surface area contributed by atoms with Gasteiger partial charge in [0, 0.05) is 24.3 Å². The lowest BCUT2D eigenvalue weighted by Gasteiger charge is -2.12. The van der Waals surface area contributed by atoms with E-state index in [-0.39, 0.29) is 18.4 Å². The number of aromatic nitrogens is 1. The third-order valence-electron chi connectivity index (χ3n) is 5.43. The molecule has 3 heterocycles. The number of nitrogens with one attached hydrogen (secondary N) is 1. The first-order chi connectivity index (χ1) is 16.0. The van der Waals surface area contributed by atoms with Crippen LogP contribution in [0.1, 0.15) is 23.8 Å². The van der Waals surface area contributed by atoms with Gasteiger partial charge in [0.25, 0.3) is 5.91 Å². The van der Waals surface area contributed by atoms with Crippen LogP contribution in [0.4, 0.5) is 0 Å². The molecule has 0 aliphatic carbocycles. The highest BCUT2D eigenvalue weighted by Gasteiger charge is 2.32. The lowest BCUT2D eigenvalue weighted by molar-refractivity contribution is -0.123. The number of fused-ring (bicyclic) bond motifs is 1. The van der Waals surface area contributed by atoms with E-state index in [0.717, 1.165) is 28.5 Å². The molecule has 2 aromatic heterocycles. The van der Waals surface area contributed by atoms with Crippen LogP contribution in [0, 0.1) is 0 Å². The maximum Gasteiger partial charge on any atom is 0.266 e. The Balaban J connectivity index is 1.63. The number of nitrogens with zero attached hydrogens (tertiary/aromatic N) is 2. The number of hydrogen-bond donors (Lipinski definition) is 1. The van der Waals surface area contributed by atoms with E-state index in [4.69, 9.17) is 21.4 Å². The Labute approximate surface area is 201 Å². The summed E-state index contributed by atoms with van der Waals surface area (Å²) in [6.45, 7) is 3.44. The van der Waals surface area contributed by atoms with Crippen LogP contribution in [0.3, 0.4) is 0 Å². The summed E-state index contributed by atoms with van der Waals surface area (Å²) in [5.74, 6) is 0.462.